The summed E-state index contributed by atoms with van der Waals surface area (Å²) in [6.45, 7) is 3.27. The van der Waals surface area contributed by atoms with Crippen LogP contribution >= 0.6 is 0 Å². The van der Waals surface area contributed by atoms with Gasteiger partial charge in [-0.25, -0.2) is 4.39 Å². The Hall–Kier alpha value is -2.94. The standard InChI is InChI=1S/C20H21F4N3O2/c1-3-27(13(2)19(29)25-15-8-6-7-14(21)11-15)12-18(28)26-17-10-5-4-9-16(17)20(22,23)24/h4-11,13H,3,12H2,1-2H3,(H,25,29)(H,26,28). The van der Waals surface area contributed by atoms with Gasteiger partial charge in [0.15, 0.2) is 0 Å². The lowest BCUT2D eigenvalue weighted by Gasteiger charge is -2.26. The van der Waals surface area contributed by atoms with Crippen LogP contribution in [0.5, 0.6) is 0 Å². The Labute approximate surface area is 165 Å². The number of benzene rings is 2. The normalized spacial score (nSPS) is 12.5. The molecule has 9 heteroatoms. The van der Waals surface area contributed by atoms with E-state index in [9.17, 15) is 27.2 Å². The average molecular weight is 411 g/mol. The third kappa shape index (κ3) is 6.28. The van der Waals surface area contributed by atoms with E-state index in [1.54, 1.807) is 13.8 Å². The minimum atomic E-state index is -4.60. The summed E-state index contributed by atoms with van der Waals surface area (Å²) in [6.07, 6.45) is -4.60. The lowest BCUT2D eigenvalue weighted by atomic mass is 10.1. The van der Waals surface area contributed by atoms with E-state index in [2.05, 4.69) is 10.6 Å². The van der Waals surface area contributed by atoms with Gasteiger partial charge in [0.2, 0.25) is 11.8 Å². The van der Waals surface area contributed by atoms with Crippen molar-refractivity contribution in [3.05, 3.63) is 59.9 Å². The second-order valence-corrected chi connectivity index (χ2v) is 6.33. The van der Waals surface area contributed by atoms with Crippen LogP contribution in [0.4, 0.5) is 28.9 Å². The molecule has 0 heterocycles. The van der Waals surface area contributed by atoms with Crippen molar-refractivity contribution in [2.24, 2.45) is 0 Å². The third-order valence-corrected chi connectivity index (χ3v) is 4.28. The SMILES string of the molecule is CCN(CC(=O)Nc1ccccc1C(F)(F)F)C(C)C(=O)Nc1cccc(F)c1. The quantitative estimate of drug-likeness (QED) is 0.674. The van der Waals surface area contributed by atoms with E-state index < -0.39 is 35.4 Å². The summed E-state index contributed by atoms with van der Waals surface area (Å²) in [5.41, 5.74) is -1.03. The zero-order chi connectivity index (χ0) is 21.6. The summed E-state index contributed by atoms with van der Waals surface area (Å²) in [4.78, 5) is 26.2. The van der Waals surface area contributed by atoms with Crippen LogP contribution in [0.25, 0.3) is 0 Å². The van der Waals surface area contributed by atoms with Gasteiger partial charge in [0.1, 0.15) is 5.82 Å². The van der Waals surface area contributed by atoms with E-state index in [1.807, 2.05) is 0 Å². The van der Waals surface area contributed by atoms with Gasteiger partial charge in [0.25, 0.3) is 0 Å². The summed E-state index contributed by atoms with van der Waals surface area (Å²) >= 11 is 0. The highest BCUT2D eigenvalue weighted by Crippen LogP contribution is 2.34. The molecule has 0 saturated heterocycles. The van der Waals surface area contributed by atoms with Gasteiger partial charge >= 0.3 is 6.18 Å². The number of alkyl halides is 3. The molecule has 0 spiro atoms. The van der Waals surface area contributed by atoms with Gasteiger partial charge in [-0.15, -0.1) is 0 Å². The molecule has 156 valence electrons. The highest BCUT2D eigenvalue weighted by atomic mass is 19.4. The van der Waals surface area contributed by atoms with Crippen molar-refractivity contribution in [3.8, 4) is 0 Å². The van der Waals surface area contributed by atoms with Gasteiger partial charge in [0.05, 0.1) is 23.8 Å². The molecule has 0 aliphatic rings. The number of nitrogens with one attached hydrogen (secondary N) is 2. The molecule has 0 fully saturated rings. The smallest absolute Gasteiger partial charge is 0.325 e. The highest BCUT2D eigenvalue weighted by Gasteiger charge is 2.33. The summed E-state index contributed by atoms with van der Waals surface area (Å²) in [6, 6.07) is 9.24. The number of likely N-dealkylation sites (N-methyl/N-ethyl adjacent to an activating group) is 1. The third-order valence-electron chi connectivity index (χ3n) is 4.28. The van der Waals surface area contributed by atoms with Gasteiger partial charge in [-0.2, -0.15) is 13.2 Å². The summed E-state index contributed by atoms with van der Waals surface area (Å²) in [5, 5.41) is 4.80. The Balaban J connectivity index is 2.03. The summed E-state index contributed by atoms with van der Waals surface area (Å²) in [7, 11) is 0. The zero-order valence-electron chi connectivity index (χ0n) is 15.9. The molecule has 2 N–H and O–H groups in total. The van der Waals surface area contributed by atoms with Crippen LogP contribution in [0.2, 0.25) is 0 Å². The van der Waals surface area contributed by atoms with Crippen molar-refractivity contribution in [3.63, 3.8) is 0 Å². The number of para-hydroxylation sites is 1. The van der Waals surface area contributed by atoms with Crippen LogP contribution in [0.1, 0.15) is 19.4 Å². The summed E-state index contributed by atoms with van der Waals surface area (Å²) in [5.74, 6) is -1.67. The van der Waals surface area contributed by atoms with Crippen molar-refractivity contribution >= 4 is 23.2 Å². The Morgan fingerprint density at radius 2 is 1.76 bits per heavy atom. The number of hydrogen-bond donors (Lipinski definition) is 2. The van der Waals surface area contributed by atoms with Crippen molar-refractivity contribution < 1.29 is 27.2 Å². The Morgan fingerprint density at radius 1 is 1.07 bits per heavy atom. The van der Waals surface area contributed by atoms with E-state index in [1.165, 1.54) is 35.2 Å². The fourth-order valence-electron chi connectivity index (χ4n) is 2.71. The van der Waals surface area contributed by atoms with E-state index in [-0.39, 0.29) is 17.9 Å². The highest BCUT2D eigenvalue weighted by molar-refractivity contribution is 5.96. The Bertz CT molecular complexity index is 871. The van der Waals surface area contributed by atoms with Gasteiger partial charge in [0, 0.05) is 5.69 Å². The molecule has 2 rings (SSSR count). The first-order chi connectivity index (χ1) is 13.6. The molecular weight excluding hydrogens is 390 g/mol. The Kier molecular flexibility index (Phi) is 7.33. The first-order valence-electron chi connectivity index (χ1n) is 8.88. The predicted octanol–water partition coefficient (Wildman–Crippen LogP) is 4.13. The zero-order valence-corrected chi connectivity index (χ0v) is 15.9. The van der Waals surface area contributed by atoms with Gasteiger partial charge in [-0.05, 0) is 43.8 Å². The molecule has 0 aliphatic heterocycles. The van der Waals surface area contributed by atoms with Gasteiger partial charge < -0.3 is 10.6 Å². The first kappa shape index (κ1) is 22.4. The van der Waals surface area contributed by atoms with Crippen LogP contribution in [0, 0.1) is 5.82 Å². The van der Waals surface area contributed by atoms with Crippen LogP contribution in [0.3, 0.4) is 0 Å². The molecule has 0 aliphatic carbocycles. The number of carbonyl (C=O) groups excluding carboxylic acids is 2. The predicted molar refractivity (Wildman–Crippen MR) is 102 cm³/mol. The van der Waals surface area contributed by atoms with Crippen molar-refractivity contribution in [2.45, 2.75) is 26.1 Å². The molecule has 2 amide bonds. The van der Waals surface area contributed by atoms with Crippen molar-refractivity contribution in [1.82, 2.24) is 4.90 Å². The number of rotatable bonds is 7. The molecule has 2 aromatic carbocycles. The van der Waals surface area contributed by atoms with E-state index in [0.29, 0.717) is 6.54 Å². The van der Waals surface area contributed by atoms with Gasteiger partial charge in [-0.3, -0.25) is 14.5 Å². The Morgan fingerprint density at radius 3 is 2.38 bits per heavy atom. The summed E-state index contributed by atoms with van der Waals surface area (Å²) < 4.78 is 52.4. The first-order valence-corrected chi connectivity index (χ1v) is 8.88. The molecule has 0 saturated carbocycles. The number of halogens is 4. The van der Waals surface area contributed by atoms with Crippen LogP contribution in [-0.2, 0) is 15.8 Å². The van der Waals surface area contributed by atoms with Crippen molar-refractivity contribution in [1.29, 1.82) is 0 Å². The van der Waals surface area contributed by atoms with Crippen molar-refractivity contribution in [2.75, 3.05) is 23.7 Å². The van der Waals surface area contributed by atoms with Gasteiger partial charge in [-0.1, -0.05) is 25.1 Å². The molecular formula is C20H21F4N3O2. The monoisotopic (exact) mass is 411 g/mol. The number of nitrogens with zero attached hydrogens (tertiary/aromatic N) is 1. The topological polar surface area (TPSA) is 61.4 Å². The maximum atomic E-state index is 13.2. The maximum absolute atomic E-state index is 13.2. The molecule has 5 nitrogen and oxygen atoms in total. The second-order valence-electron chi connectivity index (χ2n) is 6.33. The van der Waals surface area contributed by atoms with E-state index >= 15 is 0 Å². The largest absolute Gasteiger partial charge is 0.418 e. The fraction of sp³-hybridized carbons (Fsp3) is 0.300. The van der Waals surface area contributed by atoms with E-state index in [0.717, 1.165) is 18.2 Å². The number of hydrogen-bond acceptors (Lipinski definition) is 3. The molecule has 0 bridgehead atoms. The van der Waals surface area contributed by atoms with Crippen LogP contribution in [0.15, 0.2) is 48.5 Å². The maximum Gasteiger partial charge on any atom is 0.418 e. The molecule has 2 aromatic rings. The van der Waals surface area contributed by atoms with E-state index in [4.69, 9.17) is 0 Å². The number of anilines is 2. The number of carbonyl (C=O) groups is 2. The molecule has 0 radical (unpaired) electrons. The van der Waals surface area contributed by atoms with Crippen LogP contribution in [-0.4, -0.2) is 35.8 Å². The minimum absolute atomic E-state index is 0.265. The fourth-order valence-corrected chi connectivity index (χ4v) is 2.71. The molecule has 1 atom stereocenters. The lowest BCUT2D eigenvalue weighted by Crippen LogP contribution is -2.45. The second kappa shape index (κ2) is 9.51. The minimum Gasteiger partial charge on any atom is -0.325 e. The lowest BCUT2D eigenvalue weighted by molar-refractivity contribution is -0.137. The van der Waals surface area contributed by atoms with Crippen LogP contribution < -0.4 is 10.6 Å². The average Bonchev–Trinajstić information content (AvgIpc) is 2.65. The molecule has 29 heavy (non-hydrogen) atoms. The molecule has 0 aromatic heterocycles. The molecule has 1 unspecified atom stereocenters. The number of amides is 2.